The predicted octanol–water partition coefficient (Wildman–Crippen LogP) is 2.84. The summed E-state index contributed by atoms with van der Waals surface area (Å²) in [6.07, 6.45) is 0.287. The second kappa shape index (κ2) is 7.77. The van der Waals surface area contributed by atoms with Gasteiger partial charge >= 0.3 is 0 Å². The van der Waals surface area contributed by atoms with Crippen LogP contribution < -0.4 is 0 Å². The van der Waals surface area contributed by atoms with E-state index in [2.05, 4.69) is 32.6 Å². The van der Waals surface area contributed by atoms with Gasteiger partial charge in [-0.25, -0.2) is 0 Å². The molecule has 0 radical (unpaired) electrons. The van der Waals surface area contributed by atoms with Crippen LogP contribution in [0.5, 0.6) is 0 Å². The molecule has 114 valence electrons. The summed E-state index contributed by atoms with van der Waals surface area (Å²) in [5, 5.41) is 19.6. The summed E-state index contributed by atoms with van der Waals surface area (Å²) < 4.78 is 0. The third kappa shape index (κ3) is 4.89. The maximum atomic E-state index is 10.6. The first kappa shape index (κ1) is 17.2. The van der Waals surface area contributed by atoms with Gasteiger partial charge in [0.2, 0.25) is 0 Å². The van der Waals surface area contributed by atoms with Crippen molar-refractivity contribution >= 4 is 0 Å². The Morgan fingerprint density at radius 1 is 1.15 bits per heavy atom. The van der Waals surface area contributed by atoms with Crippen LogP contribution in [0, 0.1) is 5.41 Å². The molecular weight excluding hydrogens is 250 g/mol. The maximum Gasteiger partial charge on any atom is 0.0853 e. The summed E-state index contributed by atoms with van der Waals surface area (Å²) in [4.78, 5) is 2.32. The van der Waals surface area contributed by atoms with E-state index in [-0.39, 0.29) is 12.0 Å². The van der Waals surface area contributed by atoms with Gasteiger partial charge in [-0.05, 0) is 25.8 Å². The summed E-state index contributed by atoms with van der Waals surface area (Å²) in [6, 6.07) is 10.2. The zero-order valence-corrected chi connectivity index (χ0v) is 13.2. The molecule has 0 aromatic heterocycles. The van der Waals surface area contributed by atoms with Crippen molar-refractivity contribution in [2.45, 2.75) is 46.3 Å². The van der Waals surface area contributed by atoms with Crippen LogP contribution >= 0.6 is 0 Å². The van der Waals surface area contributed by atoms with Gasteiger partial charge in [0.25, 0.3) is 0 Å². The molecule has 0 aliphatic rings. The fourth-order valence-corrected chi connectivity index (χ4v) is 2.49. The van der Waals surface area contributed by atoms with Crippen molar-refractivity contribution in [1.29, 1.82) is 0 Å². The van der Waals surface area contributed by atoms with E-state index in [1.165, 1.54) is 0 Å². The van der Waals surface area contributed by atoms with Crippen LogP contribution in [0.3, 0.4) is 0 Å². The van der Waals surface area contributed by atoms with E-state index in [0.29, 0.717) is 6.04 Å². The van der Waals surface area contributed by atoms with Crippen LogP contribution in [-0.2, 0) is 0 Å². The lowest BCUT2D eigenvalue weighted by atomic mass is 9.82. The highest BCUT2D eigenvalue weighted by Crippen LogP contribution is 2.34. The molecule has 1 aromatic rings. The first-order valence-corrected chi connectivity index (χ1v) is 7.46. The van der Waals surface area contributed by atoms with Crippen LogP contribution in [0.1, 0.15) is 45.8 Å². The number of hydrogen-bond acceptors (Lipinski definition) is 3. The second-order valence-corrected chi connectivity index (χ2v) is 6.44. The Morgan fingerprint density at radius 2 is 1.75 bits per heavy atom. The van der Waals surface area contributed by atoms with Crippen LogP contribution in [0.2, 0.25) is 0 Å². The summed E-state index contributed by atoms with van der Waals surface area (Å²) in [5.74, 6) is 0. The molecule has 0 heterocycles. The minimum atomic E-state index is -0.487. The fraction of sp³-hybridized carbons (Fsp3) is 0.647. The van der Waals surface area contributed by atoms with Gasteiger partial charge in [-0.2, -0.15) is 0 Å². The van der Waals surface area contributed by atoms with E-state index >= 15 is 0 Å². The molecule has 2 N–H and O–H groups in total. The predicted molar refractivity (Wildman–Crippen MR) is 83.6 cm³/mol. The van der Waals surface area contributed by atoms with E-state index in [1.807, 2.05) is 30.3 Å². The van der Waals surface area contributed by atoms with Gasteiger partial charge in [0.15, 0.2) is 0 Å². The number of aliphatic hydroxyl groups excluding tert-OH is 2. The van der Waals surface area contributed by atoms with Gasteiger partial charge in [-0.3, -0.25) is 0 Å². The molecule has 0 amide bonds. The van der Waals surface area contributed by atoms with Crippen molar-refractivity contribution in [3.8, 4) is 0 Å². The molecule has 0 aliphatic carbocycles. The average Bonchev–Trinajstić information content (AvgIpc) is 2.43. The van der Waals surface area contributed by atoms with Crippen molar-refractivity contribution in [2.75, 3.05) is 19.7 Å². The Bertz CT molecular complexity index is 376. The lowest BCUT2D eigenvalue weighted by Gasteiger charge is -2.38. The molecule has 1 atom stereocenters. The third-order valence-electron chi connectivity index (χ3n) is 3.80. The Morgan fingerprint density at radius 3 is 2.25 bits per heavy atom. The highest BCUT2D eigenvalue weighted by molar-refractivity contribution is 5.19. The normalized spacial score (nSPS) is 14.0. The lowest BCUT2D eigenvalue weighted by molar-refractivity contribution is 0.0113. The third-order valence-corrected chi connectivity index (χ3v) is 3.80. The number of benzene rings is 1. The molecule has 1 rings (SSSR count). The first-order valence-electron chi connectivity index (χ1n) is 7.46. The van der Waals surface area contributed by atoms with Crippen LogP contribution in [0.15, 0.2) is 30.3 Å². The van der Waals surface area contributed by atoms with Crippen LogP contribution in [-0.4, -0.2) is 40.9 Å². The number of rotatable bonds is 8. The van der Waals surface area contributed by atoms with E-state index in [0.717, 1.165) is 25.1 Å². The molecule has 0 saturated carbocycles. The second-order valence-electron chi connectivity index (χ2n) is 6.44. The zero-order valence-electron chi connectivity index (χ0n) is 13.2. The van der Waals surface area contributed by atoms with Crippen molar-refractivity contribution in [2.24, 2.45) is 5.41 Å². The number of aliphatic hydroxyl groups is 2. The highest BCUT2D eigenvalue weighted by Gasteiger charge is 2.31. The fourth-order valence-electron chi connectivity index (χ4n) is 2.49. The highest BCUT2D eigenvalue weighted by atomic mass is 16.3. The SMILES string of the molecule is CC(C)N(CCCO)CC(C)(C)C(O)c1ccccc1. The van der Waals surface area contributed by atoms with Gasteiger partial charge in [0.05, 0.1) is 6.10 Å². The van der Waals surface area contributed by atoms with Gasteiger partial charge in [0, 0.05) is 31.2 Å². The average molecular weight is 279 g/mol. The van der Waals surface area contributed by atoms with Crippen molar-refractivity contribution in [3.05, 3.63) is 35.9 Å². The summed E-state index contributed by atoms with van der Waals surface area (Å²) in [5.41, 5.74) is 0.726. The largest absolute Gasteiger partial charge is 0.396 e. The topological polar surface area (TPSA) is 43.7 Å². The van der Waals surface area contributed by atoms with Gasteiger partial charge in [0.1, 0.15) is 0 Å². The monoisotopic (exact) mass is 279 g/mol. The molecule has 0 saturated heterocycles. The molecule has 0 fully saturated rings. The Kier molecular flexibility index (Phi) is 6.66. The molecule has 1 aromatic carbocycles. The number of hydrogen-bond donors (Lipinski definition) is 2. The minimum Gasteiger partial charge on any atom is -0.396 e. The van der Waals surface area contributed by atoms with E-state index in [9.17, 15) is 5.11 Å². The first-order chi connectivity index (χ1) is 9.38. The maximum absolute atomic E-state index is 10.6. The molecule has 3 nitrogen and oxygen atoms in total. The minimum absolute atomic E-state index is 0.213. The van der Waals surface area contributed by atoms with E-state index < -0.39 is 6.10 Å². The zero-order chi connectivity index (χ0) is 15.2. The lowest BCUT2D eigenvalue weighted by Crippen LogP contribution is -2.42. The molecule has 3 heteroatoms. The van der Waals surface area contributed by atoms with Crippen molar-refractivity contribution < 1.29 is 10.2 Å². The molecule has 0 spiro atoms. The van der Waals surface area contributed by atoms with Gasteiger partial charge in [-0.15, -0.1) is 0 Å². The van der Waals surface area contributed by atoms with E-state index in [1.54, 1.807) is 0 Å². The summed E-state index contributed by atoms with van der Waals surface area (Å²) in [6.45, 7) is 10.4. The Balaban J connectivity index is 2.75. The molecule has 20 heavy (non-hydrogen) atoms. The summed E-state index contributed by atoms with van der Waals surface area (Å²) in [7, 11) is 0. The van der Waals surface area contributed by atoms with Crippen LogP contribution in [0.25, 0.3) is 0 Å². The van der Waals surface area contributed by atoms with Gasteiger partial charge in [-0.1, -0.05) is 44.2 Å². The smallest absolute Gasteiger partial charge is 0.0853 e. The van der Waals surface area contributed by atoms with Gasteiger partial charge < -0.3 is 15.1 Å². The van der Waals surface area contributed by atoms with Crippen molar-refractivity contribution in [3.63, 3.8) is 0 Å². The Labute approximate surface area is 123 Å². The van der Waals surface area contributed by atoms with Crippen LogP contribution in [0.4, 0.5) is 0 Å². The van der Waals surface area contributed by atoms with Crippen molar-refractivity contribution in [1.82, 2.24) is 4.90 Å². The molecule has 1 unspecified atom stereocenters. The standard InChI is InChI=1S/C17H29NO2/c1-14(2)18(11-8-12-19)13-17(3,4)16(20)15-9-6-5-7-10-15/h5-7,9-10,14,16,19-20H,8,11-13H2,1-4H3. The summed E-state index contributed by atoms with van der Waals surface area (Å²) >= 11 is 0. The Hall–Kier alpha value is -0.900. The number of nitrogens with zero attached hydrogens (tertiary/aromatic N) is 1. The molecule has 0 aliphatic heterocycles. The molecular formula is C17H29NO2. The quantitative estimate of drug-likeness (QED) is 0.769. The molecule has 0 bridgehead atoms. The van der Waals surface area contributed by atoms with E-state index in [4.69, 9.17) is 5.11 Å².